The van der Waals surface area contributed by atoms with E-state index in [1.165, 1.54) is 58.0 Å². The van der Waals surface area contributed by atoms with Crippen molar-refractivity contribution < 1.29 is 4.74 Å². The standard InChI is InChI=1S/C18H36N2O/c1-4-20(13-17-9-8-12-21-17)15-18(14-19-16(2)3)10-6-5-7-11-18/h16-17,19H,4-15H2,1-3H3. The van der Waals surface area contributed by atoms with E-state index in [1.807, 2.05) is 0 Å². The molecule has 1 aliphatic carbocycles. The van der Waals surface area contributed by atoms with Gasteiger partial charge in [0.2, 0.25) is 0 Å². The lowest BCUT2D eigenvalue weighted by molar-refractivity contribution is 0.0440. The lowest BCUT2D eigenvalue weighted by atomic mass is 9.73. The molecule has 0 radical (unpaired) electrons. The molecule has 1 saturated heterocycles. The van der Waals surface area contributed by atoms with E-state index >= 15 is 0 Å². The van der Waals surface area contributed by atoms with Crippen LogP contribution in [0.5, 0.6) is 0 Å². The van der Waals surface area contributed by atoms with Crippen LogP contribution in [0, 0.1) is 5.41 Å². The lowest BCUT2D eigenvalue weighted by Gasteiger charge is -2.42. The smallest absolute Gasteiger partial charge is 0.0702 e. The molecule has 0 amide bonds. The van der Waals surface area contributed by atoms with Crippen LogP contribution < -0.4 is 5.32 Å². The lowest BCUT2D eigenvalue weighted by Crippen LogP contribution is -2.48. The highest BCUT2D eigenvalue weighted by Gasteiger charge is 2.34. The molecule has 0 spiro atoms. The van der Waals surface area contributed by atoms with Gasteiger partial charge in [0.15, 0.2) is 0 Å². The van der Waals surface area contributed by atoms with E-state index in [2.05, 4.69) is 31.0 Å². The van der Waals surface area contributed by atoms with Crippen LogP contribution in [0.1, 0.15) is 65.7 Å². The zero-order valence-electron chi connectivity index (χ0n) is 14.5. The van der Waals surface area contributed by atoms with Crippen molar-refractivity contribution in [2.45, 2.75) is 77.9 Å². The highest BCUT2D eigenvalue weighted by Crippen LogP contribution is 2.37. The SMILES string of the molecule is CCN(CC1CCCO1)CC1(CNC(C)C)CCCCC1. The van der Waals surface area contributed by atoms with Crippen LogP contribution in [0.4, 0.5) is 0 Å². The first-order valence-electron chi connectivity index (χ1n) is 9.21. The van der Waals surface area contributed by atoms with Gasteiger partial charge in [-0.15, -0.1) is 0 Å². The number of hydrogen-bond donors (Lipinski definition) is 1. The van der Waals surface area contributed by atoms with Gasteiger partial charge in [-0.1, -0.05) is 40.0 Å². The normalized spacial score (nSPS) is 25.9. The minimum atomic E-state index is 0.489. The summed E-state index contributed by atoms with van der Waals surface area (Å²) in [6, 6.07) is 0.594. The van der Waals surface area contributed by atoms with Crippen molar-refractivity contribution in [3.8, 4) is 0 Å². The van der Waals surface area contributed by atoms with E-state index in [1.54, 1.807) is 0 Å². The highest BCUT2D eigenvalue weighted by atomic mass is 16.5. The summed E-state index contributed by atoms with van der Waals surface area (Å²) in [5, 5.41) is 3.72. The van der Waals surface area contributed by atoms with Gasteiger partial charge in [-0.3, -0.25) is 0 Å². The molecule has 2 rings (SSSR count). The van der Waals surface area contributed by atoms with Gasteiger partial charge in [0.05, 0.1) is 6.10 Å². The third-order valence-corrected chi connectivity index (χ3v) is 5.29. The monoisotopic (exact) mass is 296 g/mol. The number of ether oxygens (including phenoxy) is 1. The summed E-state index contributed by atoms with van der Waals surface area (Å²) in [7, 11) is 0. The molecule has 3 heteroatoms. The summed E-state index contributed by atoms with van der Waals surface area (Å²) in [4.78, 5) is 2.66. The molecule has 3 nitrogen and oxygen atoms in total. The number of hydrogen-bond acceptors (Lipinski definition) is 3. The summed E-state index contributed by atoms with van der Waals surface area (Å²) in [5.41, 5.74) is 0.497. The summed E-state index contributed by atoms with van der Waals surface area (Å²) in [6.07, 6.45) is 10.1. The molecule has 1 aliphatic heterocycles. The fourth-order valence-corrected chi connectivity index (χ4v) is 3.97. The summed E-state index contributed by atoms with van der Waals surface area (Å²) >= 11 is 0. The zero-order chi connectivity index (χ0) is 15.1. The van der Waals surface area contributed by atoms with Crippen molar-refractivity contribution >= 4 is 0 Å². The predicted octanol–water partition coefficient (Wildman–Crippen LogP) is 3.44. The first kappa shape index (κ1) is 17.2. The highest BCUT2D eigenvalue weighted by molar-refractivity contribution is 4.89. The maximum atomic E-state index is 5.85. The summed E-state index contributed by atoms with van der Waals surface area (Å²) < 4.78 is 5.85. The summed E-state index contributed by atoms with van der Waals surface area (Å²) in [5.74, 6) is 0. The Morgan fingerprint density at radius 2 is 1.95 bits per heavy atom. The molecule has 0 aromatic carbocycles. The third kappa shape index (κ3) is 5.54. The fraction of sp³-hybridized carbons (Fsp3) is 1.00. The van der Waals surface area contributed by atoms with Crippen LogP contribution in [-0.4, -0.2) is 49.8 Å². The number of nitrogens with one attached hydrogen (secondary N) is 1. The molecule has 2 aliphatic rings. The molecule has 1 N–H and O–H groups in total. The Morgan fingerprint density at radius 3 is 2.52 bits per heavy atom. The van der Waals surface area contributed by atoms with E-state index in [9.17, 15) is 0 Å². The van der Waals surface area contributed by atoms with Gasteiger partial charge in [-0.05, 0) is 37.6 Å². The Bertz CT molecular complexity index is 281. The second kappa shape index (κ2) is 8.50. The van der Waals surface area contributed by atoms with Crippen molar-refractivity contribution in [1.82, 2.24) is 10.2 Å². The van der Waals surface area contributed by atoms with Crippen LogP contribution in [0.25, 0.3) is 0 Å². The molecule has 1 atom stereocenters. The Balaban J connectivity index is 1.91. The van der Waals surface area contributed by atoms with Crippen LogP contribution in [0.3, 0.4) is 0 Å². The Morgan fingerprint density at radius 1 is 1.19 bits per heavy atom. The van der Waals surface area contributed by atoms with Crippen molar-refractivity contribution in [2.75, 3.05) is 32.8 Å². The van der Waals surface area contributed by atoms with Gasteiger partial charge in [0.1, 0.15) is 0 Å². The van der Waals surface area contributed by atoms with Crippen LogP contribution in [0.2, 0.25) is 0 Å². The van der Waals surface area contributed by atoms with E-state index in [0.29, 0.717) is 17.6 Å². The van der Waals surface area contributed by atoms with Gasteiger partial charge in [0.25, 0.3) is 0 Å². The first-order chi connectivity index (χ1) is 10.1. The number of rotatable bonds is 8. The summed E-state index contributed by atoms with van der Waals surface area (Å²) in [6.45, 7) is 12.5. The van der Waals surface area contributed by atoms with Gasteiger partial charge >= 0.3 is 0 Å². The molecule has 0 bridgehead atoms. The van der Waals surface area contributed by atoms with Crippen molar-refractivity contribution in [3.63, 3.8) is 0 Å². The molecule has 124 valence electrons. The van der Waals surface area contributed by atoms with E-state index < -0.39 is 0 Å². The van der Waals surface area contributed by atoms with Crippen LogP contribution in [0.15, 0.2) is 0 Å². The number of nitrogens with zero attached hydrogens (tertiary/aromatic N) is 1. The molecule has 1 unspecified atom stereocenters. The second-order valence-electron chi connectivity index (χ2n) is 7.56. The van der Waals surface area contributed by atoms with Gasteiger partial charge in [0, 0.05) is 32.3 Å². The Kier molecular flexibility index (Phi) is 6.97. The first-order valence-corrected chi connectivity index (χ1v) is 9.21. The van der Waals surface area contributed by atoms with E-state index in [-0.39, 0.29) is 0 Å². The maximum Gasteiger partial charge on any atom is 0.0702 e. The second-order valence-corrected chi connectivity index (χ2v) is 7.56. The average molecular weight is 296 g/mol. The Labute approximate surface area is 131 Å². The maximum absolute atomic E-state index is 5.85. The predicted molar refractivity (Wildman–Crippen MR) is 89.7 cm³/mol. The van der Waals surface area contributed by atoms with E-state index in [4.69, 9.17) is 4.74 Å². The fourth-order valence-electron chi connectivity index (χ4n) is 3.97. The molecular weight excluding hydrogens is 260 g/mol. The van der Waals surface area contributed by atoms with Crippen LogP contribution >= 0.6 is 0 Å². The molecule has 0 aromatic rings. The molecular formula is C18H36N2O. The number of likely N-dealkylation sites (N-methyl/N-ethyl adjacent to an activating group) is 1. The third-order valence-electron chi connectivity index (χ3n) is 5.29. The van der Waals surface area contributed by atoms with Crippen molar-refractivity contribution in [2.24, 2.45) is 5.41 Å². The van der Waals surface area contributed by atoms with Crippen molar-refractivity contribution in [3.05, 3.63) is 0 Å². The molecule has 2 fully saturated rings. The molecule has 21 heavy (non-hydrogen) atoms. The van der Waals surface area contributed by atoms with Gasteiger partial charge in [-0.2, -0.15) is 0 Å². The van der Waals surface area contributed by atoms with Crippen LogP contribution in [-0.2, 0) is 4.74 Å². The molecule has 0 aromatic heterocycles. The van der Waals surface area contributed by atoms with Crippen molar-refractivity contribution in [1.29, 1.82) is 0 Å². The minimum Gasteiger partial charge on any atom is -0.377 e. The minimum absolute atomic E-state index is 0.489. The Hall–Kier alpha value is -0.120. The zero-order valence-corrected chi connectivity index (χ0v) is 14.5. The van der Waals surface area contributed by atoms with Gasteiger partial charge in [-0.25, -0.2) is 0 Å². The molecule has 1 saturated carbocycles. The van der Waals surface area contributed by atoms with Gasteiger partial charge < -0.3 is 15.0 Å². The quantitative estimate of drug-likeness (QED) is 0.742. The van der Waals surface area contributed by atoms with E-state index in [0.717, 1.165) is 19.7 Å². The average Bonchev–Trinajstić information content (AvgIpc) is 2.98. The largest absolute Gasteiger partial charge is 0.377 e. The molecule has 1 heterocycles. The topological polar surface area (TPSA) is 24.5 Å².